The number of guanidine groups is 1. The molecule has 0 amide bonds. The average Bonchev–Trinajstić information content (AvgIpc) is 2.61. The van der Waals surface area contributed by atoms with E-state index in [2.05, 4.69) is 15.6 Å². The van der Waals surface area contributed by atoms with Gasteiger partial charge in [0.2, 0.25) is 0 Å². The first-order chi connectivity index (χ1) is 12.5. The van der Waals surface area contributed by atoms with E-state index in [-0.39, 0.29) is 61.0 Å². The minimum atomic E-state index is -5.29. The van der Waals surface area contributed by atoms with Crippen LogP contribution in [0.15, 0.2) is 23.2 Å². The number of halogens is 6. The van der Waals surface area contributed by atoms with Crippen molar-refractivity contribution < 1.29 is 26.0 Å². The van der Waals surface area contributed by atoms with E-state index in [1.807, 2.05) is 0 Å². The molecule has 1 aromatic rings. The molecule has 0 unspecified atom stereocenters. The lowest BCUT2D eigenvalue weighted by atomic mass is 10.1. The largest absolute Gasteiger partial charge is 0.511 e. The van der Waals surface area contributed by atoms with Gasteiger partial charge in [0.15, 0.2) is 5.96 Å². The maximum absolute atomic E-state index is 13.2. The summed E-state index contributed by atoms with van der Waals surface area (Å²) in [4.78, 5) is 4.02. The van der Waals surface area contributed by atoms with Crippen LogP contribution < -0.4 is 10.6 Å². The Morgan fingerprint density at radius 3 is 2.43 bits per heavy atom. The molecular formula is C15H20ClF4IN4O2S. The van der Waals surface area contributed by atoms with Crippen molar-refractivity contribution in [3.8, 4) is 0 Å². The molecule has 0 aliphatic carbocycles. The third kappa shape index (κ3) is 6.32. The van der Waals surface area contributed by atoms with Crippen LogP contribution in [-0.4, -0.2) is 50.4 Å². The lowest BCUT2D eigenvalue weighted by Gasteiger charge is -2.32. The number of alkyl halides is 3. The summed E-state index contributed by atoms with van der Waals surface area (Å²) in [5, 5.41) is 6.03. The lowest BCUT2D eigenvalue weighted by molar-refractivity contribution is -0.0494. The molecule has 2 N–H and O–H groups in total. The summed E-state index contributed by atoms with van der Waals surface area (Å²) in [5.74, 6) is -0.129. The molecular weight excluding hydrogens is 539 g/mol. The van der Waals surface area contributed by atoms with Crippen LogP contribution in [0.25, 0.3) is 0 Å². The van der Waals surface area contributed by atoms with E-state index >= 15 is 0 Å². The predicted octanol–water partition coefficient (Wildman–Crippen LogP) is 3.08. The topological polar surface area (TPSA) is 73.8 Å². The Bertz CT molecular complexity index is 800. The van der Waals surface area contributed by atoms with Crippen molar-refractivity contribution in [1.29, 1.82) is 0 Å². The monoisotopic (exact) mass is 558 g/mol. The Hall–Kier alpha value is -0.860. The number of nitrogens with one attached hydrogen (secondary N) is 2. The van der Waals surface area contributed by atoms with Gasteiger partial charge >= 0.3 is 15.5 Å². The molecule has 1 heterocycles. The van der Waals surface area contributed by atoms with Crippen LogP contribution in [0.2, 0.25) is 5.02 Å². The van der Waals surface area contributed by atoms with Crippen LogP contribution in [0, 0.1) is 5.82 Å². The van der Waals surface area contributed by atoms with Crippen LogP contribution in [0.5, 0.6) is 0 Å². The molecule has 28 heavy (non-hydrogen) atoms. The maximum Gasteiger partial charge on any atom is 0.511 e. The minimum absolute atomic E-state index is 0. The molecule has 2 rings (SSSR count). The molecule has 1 aliphatic rings. The summed E-state index contributed by atoms with van der Waals surface area (Å²) in [6.45, 7) is -0.158. The number of sulfonamides is 1. The zero-order valence-corrected chi connectivity index (χ0v) is 18.7. The second-order valence-corrected chi connectivity index (χ2v) is 8.28. The molecule has 1 aromatic carbocycles. The first-order valence-electron chi connectivity index (χ1n) is 8.02. The van der Waals surface area contributed by atoms with Crippen molar-refractivity contribution in [2.45, 2.75) is 30.9 Å². The second kappa shape index (κ2) is 10.3. The van der Waals surface area contributed by atoms with E-state index in [1.165, 1.54) is 19.2 Å². The van der Waals surface area contributed by atoms with Gasteiger partial charge in [0, 0.05) is 32.7 Å². The molecule has 13 heteroatoms. The zero-order valence-electron chi connectivity index (χ0n) is 14.8. The average molecular weight is 559 g/mol. The summed E-state index contributed by atoms with van der Waals surface area (Å²) >= 11 is 5.72. The van der Waals surface area contributed by atoms with E-state index in [1.54, 1.807) is 6.07 Å². The molecule has 0 radical (unpaired) electrons. The molecule has 0 atom stereocenters. The standard InChI is InChI=1S/C15H19ClF4N4O2S.HI/c1-21-14(22-9-10-2-3-13(17)12(16)8-10)23-11-4-6-24(7-5-11)27(25,26)15(18,19)20;/h2-3,8,11H,4-7,9H2,1H3,(H2,21,22,23);1H. The Labute approximate surface area is 182 Å². The van der Waals surface area contributed by atoms with Gasteiger partial charge in [-0.25, -0.2) is 12.8 Å². The number of hydrogen-bond acceptors (Lipinski definition) is 3. The fourth-order valence-electron chi connectivity index (χ4n) is 2.61. The molecule has 0 aromatic heterocycles. The molecule has 0 bridgehead atoms. The van der Waals surface area contributed by atoms with Gasteiger partial charge < -0.3 is 10.6 Å². The molecule has 0 saturated carbocycles. The Morgan fingerprint density at radius 2 is 1.93 bits per heavy atom. The second-order valence-electron chi connectivity index (χ2n) is 5.94. The third-order valence-electron chi connectivity index (χ3n) is 4.09. The number of benzene rings is 1. The highest BCUT2D eigenvalue weighted by Gasteiger charge is 2.50. The molecule has 1 saturated heterocycles. The number of aliphatic imine (C=N–C) groups is 1. The summed E-state index contributed by atoms with van der Waals surface area (Å²) in [5.41, 5.74) is -4.57. The first kappa shape index (κ1) is 25.2. The lowest BCUT2D eigenvalue weighted by Crippen LogP contribution is -2.51. The van der Waals surface area contributed by atoms with Gasteiger partial charge in [-0.05, 0) is 30.5 Å². The fourth-order valence-corrected chi connectivity index (χ4v) is 3.80. The molecule has 160 valence electrons. The van der Waals surface area contributed by atoms with Crippen molar-refractivity contribution in [2.75, 3.05) is 20.1 Å². The van der Waals surface area contributed by atoms with Crippen LogP contribution in [0.4, 0.5) is 17.6 Å². The van der Waals surface area contributed by atoms with Crippen LogP contribution in [-0.2, 0) is 16.6 Å². The van der Waals surface area contributed by atoms with Crippen molar-refractivity contribution >= 4 is 51.6 Å². The van der Waals surface area contributed by atoms with Crippen molar-refractivity contribution in [3.63, 3.8) is 0 Å². The van der Waals surface area contributed by atoms with Gasteiger partial charge in [-0.3, -0.25) is 4.99 Å². The number of piperidine rings is 1. The first-order valence-corrected chi connectivity index (χ1v) is 9.84. The Balaban J connectivity index is 0.00000392. The van der Waals surface area contributed by atoms with Gasteiger partial charge in [0.05, 0.1) is 5.02 Å². The number of rotatable bonds is 4. The highest BCUT2D eigenvalue weighted by Crippen LogP contribution is 2.28. The minimum Gasteiger partial charge on any atom is -0.354 e. The molecule has 0 spiro atoms. The molecule has 6 nitrogen and oxygen atoms in total. The van der Waals surface area contributed by atoms with Gasteiger partial charge in [-0.2, -0.15) is 17.5 Å². The normalized spacial score (nSPS) is 17.1. The summed E-state index contributed by atoms with van der Waals surface area (Å²) in [7, 11) is -3.77. The van der Waals surface area contributed by atoms with Crippen molar-refractivity contribution in [1.82, 2.24) is 14.9 Å². The van der Waals surface area contributed by atoms with E-state index in [0.29, 0.717) is 16.8 Å². The SMILES string of the molecule is CN=C(NCc1ccc(F)c(Cl)c1)NC1CCN(S(=O)(=O)C(F)(F)F)CC1.I. The number of hydrogen-bond donors (Lipinski definition) is 2. The fraction of sp³-hybridized carbons (Fsp3) is 0.533. The quantitative estimate of drug-likeness (QED) is 0.258. The highest BCUT2D eigenvalue weighted by molar-refractivity contribution is 14.0. The highest BCUT2D eigenvalue weighted by atomic mass is 127. The molecule has 1 fully saturated rings. The van der Waals surface area contributed by atoms with Gasteiger partial charge in [-0.1, -0.05) is 17.7 Å². The van der Waals surface area contributed by atoms with E-state index < -0.39 is 21.3 Å². The van der Waals surface area contributed by atoms with E-state index in [9.17, 15) is 26.0 Å². The van der Waals surface area contributed by atoms with Crippen molar-refractivity contribution in [2.24, 2.45) is 4.99 Å². The van der Waals surface area contributed by atoms with E-state index in [4.69, 9.17) is 11.6 Å². The summed E-state index contributed by atoms with van der Waals surface area (Å²) < 4.78 is 74.2. The van der Waals surface area contributed by atoms with Gasteiger partial charge in [-0.15, -0.1) is 24.0 Å². The van der Waals surface area contributed by atoms with Gasteiger partial charge in [0.1, 0.15) is 5.82 Å². The van der Waals surface area contributed by atoms with Crippen LogP contribution >= 0.6 is 35.6 Å². The smallest absolute Gasteiger partial charge is 0.354 e. The molecule has 1 aliphatic heterocycles. The third-order valence-corrected chi connectivity index (χ3v) is 6.01. The van der Waals surface area contributed by atoms with Crippen LogP contribution in [0.1, 0.15) is 18.4 Å². The summed E-state index contributed by atoms with van der Waals surface area (Å²) in [6.07, 6.45) is 0.413. The maximum atomic E-state index is 13.2. The summed E-state index contributed by atoms with van der Waals surface area (Å²) in [6, 6.07) is 4.04. The van der Waals surface area contributed by atoms with Gasteiger partial charge in [0.25, 0.3) is 0 Å². The van der Waals surface area contributed by atoms with E-state index in [0.717, 1.165) is 5.56 Å². The predicted molar refractivity (Wildman–Crippen MR) is 110 cm³/mol. The van der Waals surface area contributed by atoms with Crippen LogP contribution in [0.3, 0.4) is 0 Å². The Kier molecular flexibility index (Phi) is 9.22. The Morgan fingerprint density at radius 1 is 1.32 bits per heavy atom. The van der Waals surface area contributed by atoms with Crippen molar-refractivity contribution in [3.05, 3.63) is 34.6 Å². The zero-order chi connectivity index (χ0) is 20.2. The number of nitrogens with zero attached hydrogens (tertiary/aromatic N) is 2.